The molecule has 1 heterocycles. The second kappa shape index (κ2) is 7.88. The van der Waals surface area contributed by atoms with Crippen molar-refractivity contribution in [3.63, 3.8) is 0 Å². The zero-order chi connectivity index (χ0) is 17.0. The Kier molecular flexibility index (Phi) is 6.36. The molecule has 0 N–H and O–H groups in total. The Labute approximate surface area is 145 Å². The first-order chi connectivity index (χ1) is 10.8. The van der Waals surface area contributed by atoms with Crippen LogP contribution >= 0.6 is 12.2 Å². The second-order valence-corrected chi connectivity index (χ2v) is 9.07. The van der Waals surface area contributed by atoms with E-state index in [9.17, 15) is 8.42 Å². The van der Waals surface area contributed by atoms with Crippen molar-refractivity contribution in [3.05, 3.63) is 23.0 Å². The highest BCUT2D eigenvalue weighted by Crippen LogP contribution is 2.22. The van der Waals surface area contributed by atoms with Crippen molar-refractivity contribution < 1.29 is 8.42 Å². The molecule has 2 rings (SSSR count). The Hall–Kier alpha value is -0.760. The van der Waals surface area contributed by atoms with E-state index in [1.807, 2.05) is 4.57 Å². The van der Waals surface area contributed by atoms with E-state index in [0.29, 0.717) is 17.4 Å². The molecule has 0 atom stereocenters. The number of rotatable bonds is 5. The standard InChI is InChI=1S/C16H27N3O2S2/c1-17(2)23(20,21)15-10-11-16(22)19(12-15)13-18(3)14-8-6-4-5-7-9-14/h10-12,14H,4-9,13H2,1-3H3. The number of hydrogen-bond acceptors (Lipinski definition) is 4. The van der Waals surface area contributed by atoms with Crippen LogP contribution < -0.4 is 0 Å². The van der Waals surface area contributed by atoms with E-state index in [1.165, 1.54) is 42.8 Å². The maximum absolute atomic E-state index is 12.3. The van der Waals surface area contributed by atoms with Crippen LogP contribution in [0.5, 0.6) is 0 Å². The van der Waals surface area contributed by atoms with Gasteiger partial charge in [0, 0.05) is 26.3 Å². The van der Waals surface area contributed by atoms with E-state index in [0.717, 1.165) is 0 Å². The molecule has 23 heavy (non-hydrogen) atoms. The first-order valence-electron chi connectivity index (χ1n) is 8.15. The maximum atomic E-state index is 12.3. The molecule has 1 aromatic rings. The highest BCUT2D eigenvalue weighted by Gasteiger charge is 2.20. The Balaban J connectivity index is 2.20. The van der Waals surface area contributed by atoms with E-state index in [1.54, 1.807) is 32.4 Å². The number of hydrogen-bond donors (Lipinski definition) is 0. The highest BCUT2D eigenvalue weighted by atomic mass is 32.2. The normalized spacial score (nSPS) is 17.6. The van der Waals surface area contributed by atoms with Crippen LogP contribution in [0.2, 0.25) is 0 Å². The lowest BCUT2D eigenvalue weighted by molar-refractivity contribution is 0.174. The molecule has 0 spiro atoms. The molecular weight excluding hydrogens is 330 g/mol. The van der Waals surface area contributed by atoms with Gasteiger partial charge < -0.3 is 4.57 Å². The Morgan fingerprint density at radius 1 is 1.13 bits per heavy atom. The number of nitrogens with zero attached hydrogens (tertiary/aromatic N) is 3. The summed E-state index contributed by atoms with van der Waals surface area (Å²) >= 11 is 5.37. The second-order valence-electron chi connectivity index (χ2n) is 6.50. The minimum Gasteiger partial charge on any atom is -0.324 e. The fraction of sp³-hybridized carbons (Fsp3) is 0.688. The average molecular weight is 358 g/mol. The van der Waals surface area contributed by atoms with Crippen LogP contribution in [-0.2, 0) is 16.7 Å². The molecular formula is C16H27N3O2S2. The van der Waals surface area contributed by atoms with Crippen LogP contribution in [0.1, 0.15) is 38.5 Å². The van der Waals surface area contributed by atoms with Gasteiger partial charge in [0.05, 0.1) is 11.6 Å². The lowest BCUT2D eigenvalue weighted by Gasteiger charge is -2.28. The highest BCUT2D eigenvalue weighted by molar-refractivity contribution is 7.89. The van der Waals surface area contributed by atoms with Gasteiger partial charge in [0.15, 0.2) is 0 Å². The lowest BCUT2D eigenvalue weighted by Crippen LogP contribution is -2.33. The van der Waals surface area contributed by atoms with Crippen molar-refractivity contribution in [2.45, 2.75) is 56.1 Å². The van der Waals surface area contributed by atoms with E-state index in [2.05, 4.69) is 11.9 Å². The van der Waals surface area contributed by atoms with Gasteiger partial charge in [-0.1, -0.05) is 37.9 Å². The van der Waals surface area contributed by atoms with Crippen molar-refractivity contribution in [2.75, 3.05) is 21.1 Å². The van der Waals surface area contributed by atoms with E-state index in [-0.39, 0.29) is 4.90 Å². The average Bonchev–Trinajstić information content (AvgIpc) is 2.78. The molecule has 1 aliphatic rings. The SMILES string of the molecule is CN(Cn1cc(S(=O)(=O)N(C)C)ccc1=S)C1CCCCCC1. The van der Waals surface area contributed by atoms with Crippen LogP contribution in [0.15, 0.2) is 23.2 Å². The topological polar surface area (TPSA) is 45.6 Å². The van der Waals surface area contributed by atoms with Gasteiger partial charge in [-0.2, -0.15) is 0 Å². The van der Waals surface area contributed by atoms with Gasteiger partial charge in [0.1, 0.15) is 4.64 Å². The minimum absolute atomic E-state index is 0.283. The predicted octanol–water partition coefficient (Wildman–Crippen LogP) is 3.08. The summed E-state index contributed by atoms with van der Waals surface area (Å²) in [6.07, 6.45) is 9.26. The maximum Gasteiger partial charge on any atom is 0.244 e. The van der Waals surface area contributed by atoms with Gasteiger partial charge in [-0.05, 0) is 32.0 Å². The molecule has 0 unspecified atom stereocenters. The van der Waals surface area contributed by atoms with Crippen LogP contribution in [0.4, 0.5) is 0 Å². The predicted molar refractivity (Wildman–Crippen MR) is 95.4 cm³/mol. The Morgan fingerprint density at radius 3 is 2.30 bits per heavy atom. The minimum atomic E-state index is -3.43. The molecule has 1 saturated carbocycles. The Bertz CT molecular complexity index is 675. The molecule has 1 fully saturated rings. The van der Waals surface area contributed by atoms with Crippen molar-refractivity contribution in [1.29, 1.82) is 0 Å². The van der Waals surface area contributed by atoms with Crippen molar-refractivity contribution in [2.24, 2.45) is 0 Å². The summed E-state index contributed by atoms with van der Waals surface area (Å²) in [7, 11) is 1.75. The third kappa shape index (κ3) is 4.62. The zero-order valence-corrected chi connectivity index (χ0v) is 15.9. The summed E-state index contributed by atoms with van der Waals surface area (Å²) in [5.74, 6) is 0. The molecule has 1 aliphatic carbocycles. The molecule has 0 aliphatic heterocycles. The van der Waals surface area contributed by atoms with Crippen molar-refractivity contribution >= 4 is 22.2 Å². The molecule has 7 heteroatoms. The first kappa shape index (κ1) is 18.6. The zero-order valence-electron chi connectivity index (χ0n) is 14.2. The van der Waals surface area contributed by atoms with Crippen LogP contribution in [0, 0.1) is 4.64 Å². The summed E-state index contributed by atoms with van der Waals surface area (Å²) in [5, 5.41) is 0. The number of sulfonamides is 1. The third-order valence-electron chi connectivity index (χ3n) is 4.56. The third-order valence-corrected chi connectivity index (χ3v) is 6.73. The lowest BCUT2D eigenvalue weighted by atomic mass is 10.1. The quantitative estimate of drug-likeness (QED) is 0.600. The molecule has 0 amide bonds. The largest absolute Gasteiger partial charge is 0.324 e. The molecule has 0 saturated heterocycles. The van der Waals surface area contributed by atoms with Gasteiger partial charge in [-0.25, -0.2) is 12.7 Å². The van der Waals surface area contributed by atoms with Gasteiger partial charge in [0.2, 0.25) is 10.0 Å². The van der Waals surface area contributed by atoms with Gasteiger partial charge >= 0.3 is 0 Å². The smallest absolute Gasteiger partial charge is 0.244 e. The fourth-order valence-electron chi connectivity index (χ4n) is 3.04. The summed E-state index contributed by atoms with van der Waals surface area (Å²) in [6.45, 7) is 0.625. The molecule has 0 aromatic carbocycles. The summed E-state index contributed by atoms with van der Waals surface area (Å²) in [5.41, 5.74) is 0. The molecule has 130 valence electrons. The van der Waals surface area contributed by atoms with Gasteiger partial charge in [0.25, 0.3) is 0 Å². The summed E-state index contributed by atoms with van der Waals surface area (Å²) in [6, 6.07) is 3.83. The molecule has 0 radical (unpaired) electrons. The number of aromatic nitrogens is 1. The molecule has 1 aromatic heterocycles. The first-order valence-corrected chi connectivity index (χ1v) is 10.0. The molecule has 0 bridgehead atoms. The van der Waals surface area contributed by atoms with Crippen molar-refractivity contribution in [1.82, 2.24) is 13.8 Å². The van der Waals surface area contributed by atoms with E-state index >= 15 is 0 Å². The molecule has 5 nitrogen and oxygen atoms in total. The van der Waals surface area contributed by atoms with Crippen molar-refractivity contribution in [3.8, 4) is 0 Å². The van der Waals surface area contributed by atoms with Crippen LogP contribution in [0.25, 0.3) is 0 Å². The Morgan fingerprint density at radius 2 is 1.74 bits per heavy atom. The number of pyridine rings is 1. The monoisotopic (exact) mass is 357 g/mol. The van der Waals surface area contributed by atoms with E-state index in [4.69, 9.17) is 12.2 Å². The summed E-state index contributed by atoms with van der Waals surface area (Å²) < 4.78 is 28.3. The van der Waals surface area contributed by atoms with E-state index < -0.39 is 10.0 Å². The van der Waals surface area contributed by atoms with Gasteiger partial charge in [-0.3, -0.25) is 4.90 Å². The van der Waals surface area contributed by atoms with Crippen LogP contribution in [-0.4, -0.2) is 49.4 Å². The van der Waals surface area contributed by atoms with Gasteiger partial charge in [-0.15, -0.1) is 0 Å². The van der Waals surface area contributed by atoms with Crippen LogP contribution in [0.3, 0.4) is 0 Å². The fourth-order valence-corrected chi connectivity index (χ4v) is 4.14. The summed E-state index contributed by atoms with van der Waals surface area (Å²) in [4.78, 5) is 2.58.